The van der Waals surface area contributed by atoms with E-state index in [1.54, 1.807) is 12.2 Å². The third-order valence-corrected chi connectivity index (χ3v) is 5.23. The lowest BCUT2D eigenvalue weighted by Gasteiger charge is -2.15. The number of likely N-dealkylation sites (N-methyl/N-ethyl adjacent to an activating group) is 1. The van der Waals surface area contributed by atoms with Crippen LogP contribution in [0, 0.1) is 13.8 Å². The molecule has 0 unspecified atom stereocenters. The van der Waals surface area contributed by atoms with Gasteiger partial charge in [-0.3, -0.25) is 4.79 Å². The number of hydrogen-bond acceptors (Lipinski definition) is 4. The highest BCUT2D eigenvalue weighted by Crippen LogP contribution is 2.29. The Labute approximate surface area is 197 Å². The molecule has 0 radical (unpaired) electrons. The van der Waals surface area contributed by atoms with Crippen LogP contribution in [0.4, 0.5) is 0 Å². The number of aryl methyl sites for hydroxylation is 2. The molecule has 0 amide bonds. The van der Waals surface area contributed by atoms with Crippen molar-refractivity contribution in [3.05, 3.63) is 89.0 Å². The highest BCUT2D eigenvalue weighted by Gasteiger charge is 2.14. The minimum atomic E-state index is -0.104. The van der Waals surface area contributed by atoms with Crippen LogP contribution in [0.3, 0.4) is 0 Å². The zero-order valence-corrected chi connectivity index (χ0v) is 20.2. The summed E-state index contributed by atoms with van der Waals surface area (Å²) in [6.07, 6.45) is 3.40. The average molecular weight is 444 g/mol. The maximum Gasteiger partial charge on any atom is 0.189 e. The SMILES string of the molecule is CCOc1ccccc1/C=C/C(=O)c1cc(-c2cc(C)cc(C)c2)ccc1OCCN(C)C. The van der Waals surface area contributed by atoms with E-state index in [0.717, 1.165) is 29.0 Å². The number of ketones is 1. The molecule has 0 aromatic heterocycles. The smallest absolute Gasteiger partial charge is 0.189 e. The number of allylic oxidation sites excluding steroid dienone is 1. The van der Waals surface area contributed by atoms with Crippen LogP contribution in [-0.2, 0) is 0 Å². The molecule has 3 rings (SSSR count). The Morgan fingerprint density at radius 2 is 1.61 bits per heavy atom. The molecular formula is C29H33NO3. The molecule has 4 heteroatoms. The zero-order valence-electron chi connectivity index (χ0n) is 20.2. The number of nitrogens with zero attached hydrogens (tertiary/aromatic N) is 1. The lowest BCUT2D eigenvalue weighted by atomic mass is 9.97. The molecule has 172 valence electrons. The van der Waals surface area contributed by atoms with Crippen LogP contribution in [0.25, 0.3) is 17.2 Å². The van der Waals surface area contributed by atoms with Crippen LogP contribution in [0.5, 0.6) is 11.5 Å². The number of para-hydroxylation sites is 1. The molecule has 0 spiro atoms. The first kappa shape index (κ1) is 24.3. The molecule has 0 heterocycles. The van der Waals surface area contributed by atoms with Crippen molar-refractivity contribution in [3.8, 4) is 22.6 Å². The second kappa shape index (κ2) is 11.5. The predicted molar refractivity (Wildman–Crippen MR) is 136 cm³/mol. The molecule has 0 aliphatic carbocycles. The van der Waals surface area contributed by atoms with Gasteiger partial charge in [0.25, 0.3) is 0 Å². The van der Waals surface area contributed by atoms with Crippen molar-refractivity contribution in [2.24, 2.45) is 0 Å². The van der Waals surface area contributed by atoms with E-state index >= 15 is 0 Å². The monoisotopic (exact) mass is 443 g/mol. The van der Waals surface area contributed by atoms with Crippen LogP contribution in [0.1, 0.15) is 34.0 Å². The molecule has 0 saturated heterocycles. The van der Waals surface area contributed by atoms with E-state index in [1.807, 2.05) is 63.5 Å². The predicted octanol–water partition coefficient (Wildman–Crippen LogP) is 6.21. The number of benzene rings is 3. The Morgan fingerprint density at radius 1 is 0.879 bits per heavy atom. The van der Waals surface area contributed by atoms with Crippen LogP contribution < -0.4 is 9.47 Å². The molecule has 4 nitrogen and oxygen atoms in total. The van der Waals surface area contributed by atoms with Crippen LogP contribution in [0.2, 0.25) is 0 Å². The van der Waals surface area contributed by atoms with Gasteiger partial charge in [-0.25, -0.2) is 0 Å². The van der Waals surface area contributed by atoms with Crippen molar-refractivity contribution in [1.82, 2.24) is 4.90 Å². The van der Waals surface area contributed by atoms with E-state index < -0.39 is 0 Å². The number of hydrogen-bond donors (Lipinski definition) is 0. The van der Waals surface area contributed by atoms with Gasteiger partial charge in [0.1, 0.15) is 18.1 Å². The summed E-state index contributed by atoms with van der Waals surface area (Å²) in [7, 11) is 3.99. The molecule has 0 atom stereocenters. The fourth-order valence-electron chi connectivity index (χ4n) is 3.67. The van der Waals surface area contributed by atoms with Crippen LogP contribution in [-0.4, -0.2) is 44.5 Å². The van der Waals surface area contributed by atoms with Crippen LogP contribution in [0.15, 0.2) is 66.7 Å². The molecule has 33 heavy (non-hydrogen) atoms. The second-order valence-electron chi connectivity index (χ2n) is 8.41. The third kappa shape index (κ3) is 6.80. The summed E-state index contributed by atoms with van der Waals surface area (Å²) in [6.45, 7) is 7.96. The minimum Gasteiger partial charge on any atom is -0.493 e. The standard InChI is InChI=1S/C29H33NO3/c1-6-32-28-10-8-7-9-23(28)11-13-27(31)26-20-24(25-18-21(2)17-22(3)19-25)12-14-29(26)33-16-15-30(4)5/h7-14,17-20H,6,15-16H2,1-5H3/b13-11+. The topological polar surface area (TPSA) is 38.8 Å². The molecular weight excluding hydrogens is 410 g/mol. The van der Waals surface area contributed by atoms with Gasteiger partial charge in [-0.2, -0.15) is 0 Å². The minimum absolute atomic E-state index is 0.104. The average Bonchev–Trinajstić information content (AvgIpc) is 2.78. The Hall–Kier alpha value is -3.37. The summed E-state index contributed by atoms with van der Waals surface area (Å²) < 4.78 is 11.7. The van der Waals surface area contributed by atoms with E-state index in [-0.39, 0.29) is 5.78 Å². The van der Waals surface area contributed by atoms with Gasteiger partial charge in [-0.15, -0.1) is 0 Å². The van der Waals surface area contributed by atoms with E-state index in [9.17, 15) is 4.79 Å². The van der Waals surface area contributed by atoms with Gasteiger partial charge in [0.05, 0.1) is 12.2 Å². The first-order valence-electron chi connectivity index (χ1n) is 11.3. The van der Waals surface area contributed by atoms with Gasteiger partial charge in [0.15, 0.2) is 5.78 Å². The Bertz CT molecular complexity index is 1110. The van der Waals surface area contributed by atoms with Crippen molar-refractivity contribution in [1.29, 1.82) is 0 Å². The number of carbonyl (C=O) groups is 1. The summed E-state index contributed by atoms with van der Waals surface area (Å²) in [5.74, 6) is 1.25. The maximum atomic E-state index is 13.3. The summed E-state index contributed by atoms with van der Waals surface area (Å²) in [6, 6.07) is 20.0. The lowest BCUT2D eigenvalue weighted by molar-refractivity contribution is 0.104. The van der Waals surface area contributed by atoms with Gasteiger partial charge in [0, 0.05) is 12.1 Å². The molecule has 0 fully saturated rings. The van der Waals surface area contributed by atoms with E-state index in [1.165, 1.54) is 11.1 Å². The van der Waals surface area contributed by atoms with E-state index in [4.69, 9.17) is 9.47 Å². The van der Waals surface area contributed by atoms with Gasteiger partial charge < -0.3 is 14.4 Å². The molecule has 3 aromatic carbocycles. The summed E-state index contributed by atoms with van der Waals surface area (Å²) in [5, 5.41) is 0. The third-order valence-electron chi connectivity index (χ3n) is 5.23. The zero-order chi connectivity index (χ0) is 23.8. The molecule has 0 aliphatic heterocycles. The first-order chi connectivity index (χ1) is 15.9. The highest BCUT2D eigenvalue weighted by atomic mass is 16.5. The van der Waals surface area contributed by atoms with Crippen molar-refractivity contribution in [2.45, 2.75) is 20.8 Å². The fourth-order valence-corrected chi connectivity index (χ4v) is 3.67. The quantitative estimate of drug-likeness (QED) is 0.276. The molecule has 0 bridgehead atoms. The Balaban J connectivity index is 1.96. The van der Waals surface area contributed by atoms with Gasteiger partial charge in [0.2, 0.25) is 0 Å². The second-order valence-corrected chi connectivity index (χ2v) is 8.41. The molecule has 0 saturated carbocycles. The normalized spacial score (nSPS) is 11.2. The molecule has 0 aliphatic rings. The van der Waals surface area contributed by atoms with E-state index in [0.29, 0.717) is 24.5 Å². The first-order valence-corrected chi connectivity index (χ1v) is 11.3. The van der Waals surface area contributed by atoms with Crippen molar-refractivity contribution < 1.29 is 14.3 Å². The Morgan fingerprint density at radius 3 is 2.30 bits per heavy atom. The van der Waals surface area contributed by atoms with Crippen molar-refractivity contribution in [2.75, 3.05) is 33.9 Å². The molecule has 3 aromatic rings. The highest BCUT2D eigenvalue weighted by molar-refractivity contribution is 6.09. The fraction of sp³-hybridized carbons (Fsp3) is 0.276. The van der Waals surface area contributed by atoms with Crippen molar-refractivity contribution in [3.63, 3.8) is 0 Å². The molecule has 0 N–H and O–H groups in total. The van der Waals surface area contributed by atoms with Gasteiger partial charge in [-0.1, -0.05) is 53.6 Å². The lowest BCUT2D eigenvalue weighted by Crippen LogP contribution is -2.20. The largest absolute Gasteiger partial charge is 0.493 e. The number of rotatable bonds is 10. The number of carbonyl (C=O) groups excluding carboxylic acids is 1. The maximum absolute atomic E-state index is 13.3. The van der Waals surface area contributed by atoms with Crippen molar-refractivity contribution >= 4 is 11.9 Å². The summed E-state index contributed by atoms with van der Waals surface area (Å²) in [4.78, 5) is 15.4. The van der Waals surface area contributed by atoms with Crippen LogP contribution >= 0.6 is 0 Å². The number of ether oxygens (including phenoxy) is 2. The van der Waals surface area contributed by atoms with Gasteiger partial charge in [-0.05, 0) is 76.3 Å². The summed E-state index contributed by atoms with van der Waals surface area (Å²) in [5.41, 5.74) is 5.89. The van der Waals surface area contributed by atoms with Gasteiger partial charge >= 0.3 is 0 Å². The Kier molecular flexibility index (Phi) is 8.45. The van der Waals surface area contributed by atoms with E-state index in [2.05, 4.69) is 36.9 Å². The summed E-state index contributed by atoms with van der Waals surface area (Å²) >= 11 is 0.